The highest BCUT2D eigenvalue weighted by molar-refractivity contribution is 7.25. The number of benzene rings is 7. The fourth-order valence-corrected chi connectivity index (χ4v) is 9.95. The van der Waals surface area contributed by atoms with Crippen molar-refractivity contribution in [3.8, 4) is 0 Å². The molecule has 0 saturated heterocycles. The van der Waals surface area contributed by atoms with Crippen LogP contribution in [0.5, 0.6) is 0 Å². The van der Waals surface area contributed by atoms with E-state index in [1.54, 1.807) is 0 Å². The van der Waals surface area contributed by atoms with Crippen LogP contribution in [0.2, 0.25) is 0 Å². The van der Waals surface area contributed by atoms with Gasteiger partial charge >= 0.3 is 0 Å². The molecule has 6 heterocycles. The second kappa shape index (κ2) is 20.1. The summed E-state index contributed by atoms with van der Waals surface area (Å²) in [6.45, 7) is 16.0. The summed E-state index contributed by atoms with van der Waals surface area (Å²) in [4.78, 5) is 4.41. The highest BCUT2D eigenvalue weighted by Crippen LogP contribution is 2.40. The normalized spacial score (nSPS) is 10.7. The molecule has 0 aliphatic carbocycles. The molecule has 6 aromatic heterocycles. The number of para-hydroxylation sites is 4. The van der Waals surface area contributed by atoms with E-state index in [1.165, 1.54) is 91.0 Å². The van der Waals surface area contributed by atoms with E-state index >= 15 is 0 Å². The predicted octanol–water partition coefficient (Wildman–Crippen LogP) is 17.8. The van der Waals surface area contributed by atoms with E-state index in [0.717, 1.165) is 16.7 Å². The summed E-state index contributed by atoms with van der Waals surface area (Å²) in [5.74, 6) is 0. The Morgan fingerprint density at radius 2 is 0.891 bits per heavy atom. The molecule has 0 amide bonds. The molecule has 0 unspecified atom stereocenters. The summed E-state index contributed by atoms with van der Waals surface area (Å²) in [6, 6.07) is 55.5. The standard InChI is InChI=1S/C19H13NO.C19H13NS.C12H10N2.4C2H6/c1-20-15-8-4-2-6-12(15)13-10-11-17-18(19(13)20)14-7-3-5-9-16(14)21-17;1-20-16-8-4-2-6-12(16)14-11-19-15(10-17(14)20)13-7-3-5-9-18(13)21-19;1-14-10-6-3-2-5-9(10)12-11(14)7-4-8-13-12;4*1-2/h2*2-11H,1H3;2-8H,1H3;4*1-2H3. The van der Waals surface area contributed by atoms with Gasteiger partial charge in [-0.1, -0.05) is 146 Å². The molecular weight excluding hydrogens is 801 g/mol. The fourth-order valence-electron chi connectivity index (χ4n) is 8.83. The molecule has 7 aromatic carbocycles. The lowest BCUT2D eigenvalue weighted by Gasteiger charge is -1.99. The molecule has 13 rings (SSSR count). The van der Waals surface area contributed by atoms with Crippen LogP contribution in [0.3, 0.4) is 0 Å². The lowest BCUT2D eigenvalue weighted by Crippen LogP contribution is -1.86. The van der Waals surface area contributed by atoms with Gasteiger partial charge in [-0.2, -0.15) is 0 Å². The monoisotopic (exact) mass is 860 g/mol. The van der Waals surface area contributed by atoms with Crippen molar-refractivity contribution in [2.75, 3.05) is 0 Å². The Bertz CT molecular complexity index is 3600. The molecule has 0 saturated carbocycles. The molecule has 64 heavy (non-hydrogen) atoms. The lowest BCUT2D eigenvalue weighted by molar-refractivity contribution is 0.669. The topological polar surface area (TPSA) is 40.8 Å². The zero-order chi connectivity index (χ0) is 45.5. The van der Waals surface area contributed by atoms with Crippen LogP contribution in [0.4, 0.5) is 0 Å². The van der Waals surface area contributed by atoms with Crippen LogP contribution < -0.4 is 0 Å². The molecule has 13 aromatic rings. The van der Waals surface area contributed by atoms with Gasteiger partial charge in [-0.3, -0.25) is 4.98 Å². The Kier molecular flexibility index (Phi) is 14.2. The first-order valence-corrected chi connectivity index (χ1v) is 23.7. The second-order valence-electron chi connectivity index (χ2n) is 14.5. The first-order chi connectivity index (χ1) is 31.5. The number of hydrogen-bond acceptors (Lipinski definition) is 3. The Morgan fingerprint density at radius 1 is 0.375 bits per heavy atom. The van der Waals surface area contributed by atoms with Crippen molar-refractivity contribution in [2.24, 2.45) is 21.1 Å². The summed E-state index contributed by atoms with van der Waals surface area (Å²) in [5.41, 5.74) is 10.5. The quantitative estimate of drug-likeness (QED) is 0.152. The first-order valence-electron chi connectivity index (χ1n) is 22.9. The molecule has 0 radical (unpaired) electrons. The summed E-state index contributed by atoms with van der Waals surface area (Å²) >= 11 is 1.89. The second-order valence-corrected chi connectivity index (χ2v) is 15.6. The Morgan fingerprint density at radius 3 is 1.58 bits per heavy atom. The Hall–Kier alpha value is -6.89. The van der Waals surface area contributed by atoms with Crippen molar-refractivity contribution >= 4 is 119 Å². The minimum Gasteiger partial charge on any atom is -0.456 e. The lowest BCUT2D eigenvalue weighted by atomic mass is 10.1. The van der Waals surface area contributed by atoms with Crippen LogP contribution in [-0.2, 0) is 21.1 Å². The van der Waals surface area contributed by atoms with Crippen molar-refractivity contribution < 1.29 is 4.42 Å². The van der Waals surface area contributed by atoms with Crippen molar-refractivity contribution in [1.29, 1.82) is 0 Å². The van der Waals surface area contributed by atoms with E-state index in [2.05, 4.69) is 179 Å². The van der Waals surface area contributed by atoms with Gasteiger partial charge in [0, 0.05) is 96.4 Å². The fraction of sp³-hybridized carbons (Fsp3) is 0.190. The van der Waals surface area contributed by atoms with Gasteiger partial charge in [0.15, 0.2) is 0 Å². The molecule has 324 valence electrons. The smallest absolute Gasteiger partial charge is 0.137 e. The number of furan rings is 1. The predicted molar refractivity (Wildman–Crippen MR) is 285 cm³/mol. The summed E-state index contributed by atoms with van der Waals surface area (Å²) in [7, 11) is 6.36. The van der Waals surface area contributed by atoms with Gasteiger partial charge in [0.2, 0.25) is 0 Å². The van der Waals surface area contributed by atoms with E-state index in [1.807, 2.05) is 91.1 Å². The summed E-state index contributed by atoms with van der Waals surface area (Å²) < 4.78 is 15.5. The third kappa shape index (κ3) is 7.77. The van der Waals surface area contributed by atoms with Crippen LogP contribution in [0, 0.1) is 0 Å². The van der Waals surface area contributed by atoms with Gasteiger partial charge < -0.3 is 18.1 Å². The third-order valence-electron chi connectivity index (χ3n) is 11.5. The molecule has 0 bridgehead atoms. The van der Waals surface area contributed by atoms with Crippen molar-refractivity contribution in [3.05, 3.63) is 164 Å². The van der Waals surface area contributed by atoms with Crippen LogP contribution >= 0.6 is 11.3 Å². The van der Waals surface area contributed by atoms with E-state index in [-0.39, 0.29) is 0 Å². The average Bonchev–Trinajstić information content (AvgIpc) is 4.16. The van der Waals surface area contributed by atoms with Crippen molar-refractivity contribution in [1.82, 2.24) is 18.7 Å². The molecule has 0 aliphatic rings. The maximum atomic E-state index is 6.00. The number of aryl methyl sites for hydroxylation is 3. The van der Waals surface area contributed by atoms with Gasteiger partial charge in [0.1, 0.15) is 11.2 Å². The van der Waals surface area contributed by atoms with Crippen molar-refractivity contribution in [2.45, 2.75) is 55.4 Å². The molecule has 0 fully saturated rings. The minimum atomic E-state index is 0.949. The van der Waals surface area contributed by atoms with E-state index in [9.17, 15) is 0 Å². The number of rotatable bonds is 0. The number of fused-ring (bicyclic) bond motifs is 16. The number of pyridine rings is 1. The maximum Gasteiger partial charge on any atom is 0.137 e. The third-order valence-corrected chi connectivity index (χ3v) is 12.6. The molecule has 0 aliphatic heterocycles. The minimum absolute atomic E-state index is 0.949. The van der Waals surface area contributed by atoms with E-state index in [4.69, 9.17) is 4.42 Å². The van der Waals surface area contributed by atoms with Crippen LogP contribution in [-0.4, -0.2) is 18.7 Å². The first kappa shape index (κ1) is 45.1. The summed E-state index contributed by atoms with van der Waals surface area (Å²) in [5, 5.41) is 11.6. The van der Waals surface area contributed by atoms with Gasteiger partial charge in [0.05, 0.1) is 27.5 Å². The molecule has 0 spiro atoms. The molecular formula is C58H60N4OS. The molecule has 0 N–H and O–H groups in total. The number of aromatic nitrogens is 4. The van der Waals surface area contributed by atoms with Gasteiger partial charge in [-0.05, 0) is 66.7 Å². The zero-order valence-corrected chi connectivity index (χ0v) is 40.0. The van der Waals surface area contributed by atoms with Gasteiger partial charge in [-0.25, -0.2) is 0 Å². The van der Waals surface area contributed by atoms with Gasteiger partial charge in [-0.15, -0.1) is 11.3 Å². The SMILES string of the molecule is CC.CC.CC.CC.Cn1c2ccccc2c2cc3sc4ccccc4c3cc21.Cn1c2ccccc2c2ccc3oc4ccccc4c3c21.Cn1c2ccccc2c2ncccc21. The number of hydrogen-bond donors (Lipinski definition) is 0. The average molecular weight is 861 g/mol. The zero-order valence-electron chi connectivity index (χ0n) is 39.2. The highest BCUT2D eigenvalue weighted by atomic mass is 32.1. The van der Waals surface area contributed by atoms with Crippen LogP contribution in [0.25, 0.3) is 108 Å². The van der Waals surface area contributed by atoms with Gasteiger partial charge in [0.25, 0.3) is 0 Å². The largest absolute Gasteiger partial charge is 0.456 e. The van der Waals surface area contributed by atoms with Crippen molar-refractivity contribution in [3.63, 3.8) is 0 Å². The van der Waals surface area contributed by atoms with Crippen LogP contribution in [0.15, 0.2) is 168 Å². The molecule has 5 nitrogen and oxygen atoms in total. The van der Waals surface area contributed by atoms with Crippen LogP contribution in [0.1, 0.15) is 55.4 Å². The summed E-state index contributed by atoms with van der Waals surface area (Å²) in [6.07, 6.45) is 1.84. The Balaban J connectivity index is 0.000000135. The molecule has 6 heteroatoms. The van der Waals surface area contributed by atoms with E-state index in [0.29, 0.717) is 0 Å². The molecule has 0 atom stereocenters. The van der Waals surface area contributed by atoms with E-state index < -0.39 is 0 Å². The highest BCUT2D eigenvalue weighted by Gasteiger charge is 2.16. The Labute approximate surface area is 380 Å². The number of nitrogens with zero attached hydrogens (tertiary/aromatic N) is 4. The number of thiophene rings is 1. The maximum absolute atomic E-state index is 6.00.